The van der Waals surface area contributed by atoms with Crippen LogP contribution >= 0.6 is 0 Å². The van der Waals surface area contributed by atoms with Crippen molar-refractivity contribution in [2.45, 2.75) is 71.4 Å². The lowest BCUT2D eigenvalue weighted by atomic mass is 9.95. The summed E-state index contributed by atoms with van der Waals surface area (Å²) in [4.78, 5) is 44.4. The summed E-state index contributed by atoms with van der Waals surface area (Å²) in [5.41, 5.74) is 0.630. The maximum absolute atomic E-state index is 13.2. The molecule has 0 bridgehead atoms. The summed E-state index contributed by atoms with van der Waals surface area (Å²) in [6, 6.07) is 10.6. The number of ketones is 1. The first-order valence-electron chi connectivity index (χ1n) is 12.4. The van der Waals surface area contributed by atoms with E-state index in [1.54, 1.807) is 6.07 Å². The van der Waals surface area contributed by atoms with Crippen LogP contribution in [0.1, 0.15) is 70.3 Å². The standard InChI is InChI=1S/C27H38N4O3/c1-19(2)17-24(29-25(33)23-13-12-20-9-5-6-11-22(20)28-23)26(34)30-27(3,4)14-8-16-31-15-7-10-21(32)18-31/h5-6,9,11-13,19,24H,7-8,10,14-18H2,1-4H3,(H,29,33)(H,30,34)/t24-/m0/s1. The van der Waals surface area contributed by atoms with Crippen LogP contribution in [0.4, 0.5) is 0 Å². The zero-order valence-electron chi connectivity index (χ0n) is 20.9. The van der Waals surface area contributed by atoms with Crippen molar-refractivity contribution in [1.29, 1.82) is 0 Å². The van der Waals surface area contributed by atoms with Crippen LogP contribution in [-0.4, -0.2) is 58.7 Å². The summed E-state index contributed by atoms with van der Waals surface area (Å²) >= 11 is 0. The number of para-hydroxylation sites is 1. The smallest absolute Gasteiger partial charge is 0.270 e. The molecule has 0 unspecified atom stereocenters. The maximum Gasteiger partial charge on any atom is 0.270 e. The first-order valence-corrected chi connectivity index (χ1v) is 12.4. The van der Waals surface area contributed by atoms with E-state index in [4.69, 9.17) is 0 Å². The number of benzene rings is 1. The molecule has 0 saturated carbocycles. The molecule has 1 fully saturated rings. The van der Waals surface area contributed by atoms with E-state index in [2.05, 4.69) is 20.5 Å². The van der Waals surface area contributed by atoms with E-state index in [1.165, 1.54) is 0 Å². The number of fused-ring (bicyclic) bond motifs is 1. The molecule has 184 valence electrons. The molecule has 3 rings (SSSR count). The van der Waals surface area contributed by atoms with Crippen molar-refractivity contribution in [2.24, 2.45) is 5.92 Å². The highest BCUT2D eigenvalue weighted by atomic mass is 16.2. The molecule has 1 atom stereocenters. The molecule has 0 radical (unpaired) electrons. The van der Waals surface area contributed by atoms with Crippen LogP contribution in [0.25, 0.3) is 10.9 Å². The minimum Gasteiger partial charge on any atom is -0.349 e. The van der Waals surface area contributed by atoms with Crippen LogP contribution in [0.2, 0.25) is 0 Å². The Bertz CT molecular complexity index is 1020. The molecule has 2 aromatic rings. The van der Waals surface area contributed by atoms with Crippen molar-refractivity contribution >= 4 is 28.5 Å². The Morgan fingerprint density at radius 3 is 2.65 bits per heavy atom. The van der Waals surface area contributed by atoms with Gasteiger partial charge in [-0.3, -0.25) is 19.3 Å². The number of amides is 2. The van der Waals surface area contributed by atoms with Gasteiger partial charge in [-0.25, -0.2) is 4.98 Å². The molecule has 34 heavy (non-hydrogen) atoms. The van der Waals surface area contributed by atoms with Crippen molar-refractivity contribution in [3.8, 4) is 0 Å². The lowest BCUT2D eigenvalue weighted by molar-refractivity contribution is -0.125. The number of carbonyl (C=O) groups is 3. The third-order valence-corrected chi connectivity index (χ3v) is 6.23. The Morgan fingerprint density at radius 2 is 1.91 bits per heavy atom. The Labute approximate surface area is 202 Å². The molecule has 7 nitrogen and oxygen atoms in total. The number of pyridine rings is 1. The predicted octanol–water partition coefficient (Wildman–Crippen LogP) is 3.72. The average molecular weight is 467 g/mol. The summed E-state index contributed by atoms with van der Waals surface area (Å²) < 4.78 is 0. The zero-order valence-corrected chi connectivity index (χ0v) is 20.9. The van der Waals surface area contributed by atoms with Crippen LogP contribution in [-0.2, 0) is 9.59 Å². The SMILES string of the molecule is CC(C)C[C@H](NC(=O)c1ccc2ccccc2n1)C(=O)NC(C)(C)CCCN1CCCC(=O)C1. The second kappa shape index (κ2) is 11.6. The quantitative estimate of drug-likeness (QED) is 0.557. The molecular weight excluding hydrogens is 428 g/mol. The Balaban J connectivity index is 1.58. The number of hydrogen-bond acceptors (Lipinski definition) is 5. The van der Waals surface area contributed by atoms with E-state index in [9.17, 15) is 14.4 Å². The number of piperidine rings is 1. The third kappa shape index (κ3) is 7.62. The average Bonchev–Trinajstić information content (AvgIpc) is 2.77. The number of Topliss-reactive ketones (excluding diaryl/α,β-unsaturated/α-hetero) is 1. The highest BCUT2D eigenvalue weighted by Crippen LogP contribution is 2.16. The van der Waals surface area contributed by atoms with Crippen molar-refractivity contribution < 1.29 is 14.4 Å². The molecule has 0 aliphatic carbocycles. The van der Waals surface area contributed by atoms with Gasteiger partial charge >= 0.3 is 0 Å². The highest BCUT2D eigenvalue weighted by Gasteiger charge is 2.28. The summed E-state index contributed by atoms with van der Waals surface area (Å²) in [6.45, 7) is 10.4. The minimum atomic E-state index is -0.639. The first-order chi connectivity index (χ1) is 16.1. The fourth-order valence-corrected chi connectivity index (χ4v) is 4.45. The molecule has 1 saturated heterocycles. The van der Waals surface area contributed by atoms with E-state index < -0.39 is 11.6 Å². The molecule has 1 aromatic carbocycles. The van der Waals surface area contributed by atoms with E-state index in [0.717, 1.165) is 43.3 Å². The van der Waals surface area contributed by atoms with Crippen LogP contribution < -0.4 is 10.6 Å². The van der Waals surface area contributed by atoms with Gasteiger partial charge in [0.2, 0.25) is 5.91 Å². The Kier molecular flexibility index (Phi) is 8.78. The fourth-order valence-electron chi connectivity index (χ4n) is 4.45. The zero-order chi connectivity index (χ0) is 24.7. The molecule has 0 spiro atoms. The summed E-state index contributed by atoms with van der Waals surface area (Å²) in [6.07, 6.45) is 3.84. The van der Waals surface area contributed by atoms with Gasteiger partial charge in [-0.15, -0.1) is 0 Å². The molecule has 1 aliphatic heterocycles. The van der Waals surface area contributed by atoms with E-state index in [0.29, 0.717) is 30.9 Å². The molecule has 7 heteroatoms. The summed E-state index contributed by atoms with van der Waals surface area (Å²) in [7, 11) is 0. The van der Waals surface area contributed by atoms with Crippen LogP contribution in [0.3, 0.4) is 0 Å². The van der Waals surface area contributed by atoms with Gasteiger partial charge in [-0.2, -0.15) is 0 Å². The van der Waals surface area contributed by atoms with Gasteiger partial charge in [-0.05, 0) is 70.7 Å². The number of nitrogens with zero attached hydrogens (tertiary/aromatic N) is 2. The predicted molar refractivity (Wildman–Crippen MR) is 135 cm³/mol. The second-order valence-electron chi connectivity index (χ2n) is 10.4. The lowest BCUT2D eigenvalue weighted by Gasteiger charge is -2.31. The third-order valence-electron chi connectivity index (χ3n) is 6.23. The largest absolute Gasteiger partial charge is 0.349 e. The monoisotopic (exact) mass is 466 g/mol. The van der Waals surface area contributed by atoms with Gasteiger partial charge in [0.1, 0.15) is 17.5 Å². The number of carbonyl (C=O) groups excluding carboxylic acids is 3. The first kappa shape index (κ1) is 25.8. The number of likely N-dealkylation sites (tertiary alicyclic amines) is 1. The van der Waals surface area contributed by atoms with Crippen molar-refractivity contribution in [1.82, 2.24) is 20.5 Å². The van der Waals surface area contributed by atoms with Gasteiger partial charge in [0, 0.05) is 17.3 Å². The number of hydrogen-bond donors (Lipinski definition) is 2. The minimum absolute atomic E-state index is 0.180. The number of nitrogens with one attached hydrogen (secondary N) is 2. The van der Waals surface area contributed by atoms with Gasteiger partial charge in [-0.1, -0.05) is 38.1 Å². The van der Waals surface area contributed by atoms with Crippen LogP contribution in [0, 0.1) is 5.92 Å². The van der Waals surface area contributed by atoms with Crippen LogP contribution in [0.5, 0.6) is 0 Å². The van der Waals surface area contributed by atoms with Crippen LogP contribution in [0.15, 0.2) is 36.4 Å². The van der Waals surface area contributed by atoms with E-state index in [-0.39, 0.29) is 17.7 Å². The Hall–Kier alpha value is -2.80. The topological polar surface area (TPSA) is 91.4 Å². The molecular formula is C27H38N4O3. The van der Waals surface area contributed by atoms with E-state index >= 15 is 0 Å². The normalized spacial score (nSPS) is 16.0. The van der Waals surface area contributed by atoms with Crippen molar-refractivity contribution in [3.05, 3.63) is 42.1 Å². The maximum atomic E-state index is 13.2. The van der Waals surface area contributed by atoms with Crippen molar-refractivity contribution in [2.75, 3.05) is 19.6 Å². The van der Waals surface area contributed by atoms with Gasteiger partial charge in [0.15, 0.2) is 0 Å². The van der Waals surface area contributed by atoms with Gasteiger partial charge in [0.25, 0.3) is 5.91 Å². The number of rotatable bonds is 10. The van der Waals surface area contributed by atoms with Gasteiger partial charge in [0.05, 0.1) is 12.1 Å². The molecule has 2 heterocycles. The summed E-state index contributed by atoms with van der Waals surface area (Å²) in [5.74, 6) is 0.0208. The molecule has 2 N–H and O–H groups in total. The van der Waals surface area contributed by atoms with Gasteiger partial charge < -0.3 is 10.6 Å². The molecule has 1 aliphatic rings. The lowest BCUT2D eigenvalue weighted by Crippen LogP contribution is -2.53. The molecule has 2 amide bonds. The van der Waals surface area contributed by atoms with Crippen molar-refractivity contribution in [3.63, 3.8) is 0 Å². The Morgan fingerprint density at radius 1 is 1.15 bits per heavy atom. The van der Waals surface area contributed by atoms with E-state index in [1.807, 2.05) is 58.0 Å². The molecule has 1 aromatic heterocycles. The number of aromatic nitrogens is 1. The second-order valence-corrected chi connectivity index (χ2v) is 10.4. The highest BCUT2D eigenvalue weighted by molar-refractivity contribution is 5.97. The fraction of sp³-hybridized carbons (Fsp3) is 0.556. The summed E-state index contributed by atoms with van der Waals surface area (Å²) in [5, 5.41) is 7.00.